The van der Waals surface area contributed by atoms with Crippen LogP contribution in [0.25, 0.3) is 5.82 Å². The summed E-state index contributed by atoms with van der Waals surface area (Å²) in [6.07, 6.45) is 5.01. The molecule has 1 aromatic carbocycles. The zero-order valence-corrected chi connectivity index (χ0v) is 17.8. The maximum atomic E-state index is 12.5. The second-order valence-electron chi connectivity index (χ2n) is 6.15. The summed E-state index contributed by atoms with van der Waals surface area (Å²) >= 11 is 2.19. The molecule has 28 heavy (non-hydrogen) atoms. The van der Waals surface area contributed by atoms with Crippen molar-refractivity contribution in [2.45, 2.75) is 6.10 Å². The van der Waals surface area contributed by atoms with Crippen molar-refractivity contribution in [3.8, 4) is 5.82 Å². The summed E-state index contributed by atoms with van der Waals surface area (Å²) in [4.78, 5) is 16.8. The summed E-state index contributed by atoms with van der Waals surface area (Å²) < 4.78 is 8.37. The Morgan fingerprint density at radius 1 is 1.21 bits per heavy atom. The summed E-state index contributed by atoms with van der Waals surface area (Å²) in [6.45, 7) is 2.40. The van der Waals surface area contributed by atoms with E-state index in [-0.39, 0.29) is 24.4 Å². The first kappa shape index (κ1) is 20.7. The number of carbonyl (C=O) groups excluding carboxylic acids is 1. The minimum absolute atomic E-state index is 0. The fourth-order valence-electron chi connectivity index (χ4n) is 2.83. The molecule has 2 aromatic heterocycles. The van der Waals surface area contributed by atoms with Gasteiger partial charge in [-0.25, -0.2) is 9.67 Å². The van der Waals surface area contributed by atoms with Gasteiger partial charge >= 0.3 is 0 Å². The number of pyridine rings is 1. The van der Waals surface area contributed by atoms with Crippen LogP contribution in [0.3, 0.4) is 0 Å². The monoisotopic (exact) mass is 511 g/mol. The molecule has 1 aliphatic heterocycles. The molecule has 1 fully saturated rings. The molecule has 1 atom stereocenters. The summed E-state index contributed by atoms with van der Waals surface area (Å²) in [5, 5.41) is 10.4. The number of hydrogen-bond acceptors (Lipinski definition) is 5. The first-order valence-electron chi connectivity index (χ1n) is 8.59. The predicted octanol–water partition coefficient (Wildman–Crippen LogP) is 3.21. The lowest BCUT2D eigenvalue weighted by Crippen LogP contribution is -2.33. The van der Waals surface area contributed by atoms with E-state index in [1.165, 1.54) is 6.20 Å². The second-order valence-corrected chi connectivity index (χ2v) is 7.39. The van der Waals surface area contributed by atoms with Crippen molar-refractivity contribution in [2.75, 3.05) is 25.0 Å². The number of rotatable bonds is 4. The van der Waals surface area contributed by atoms with Crippen molar-refractivity contribution >= 4 is 46.6 Å². The van der Waals surface area contributed by atoms with E-state index in [9.17, 15) is 4.79 Å². The Bertz CT molecular complexity index is 924. The Balaban J connectivity index is 0.00000225. The molecule has 0 aliphatic carbocycles. The van der Waals surface area contributed by atoms with Gasteiger partial charge in [0.05, 0.1) is 24.5 Å². The van der Waals surface area contributed by atoms with Gasteiger partial charge in [0, 0.05) is 34.7 Å². The van der Waals surface area contributed by atoms with E-state index < -0.39 is 0 Å². The molecule has 3 aromatic rings. The van der Waals surface area contributed by atoms with Crippen LogP contribution >= 0.6 is 35.0 Å². The number of amides is 1. The topological polar surface area (TPSA) is 81.1 Å². The van der Waals surface area contributed by atoms with E-state index in [0.717, 1.165) is 27.9 Å². The van der Waals surface area contributed by atoms with E-state index in [1.807, 2.05) is 36.4 Å². The normalized spacial score (nSPS) is 16.2. The first-order chi connectivity index (χ1) is 13.2. The maximum Gasteiger partial charge on any atom is 0.258 e. The van der Waals surface area contributed by atoms with Gasteiger partial charge in [-0.1, -0.05) is 12.1 Å². The Morgan fingerprint density at radius 2 is 2.04 bits per heavy atom. The van der Waals surface area contributed by atoms with Gasteiger partial charge in [-0.3, -0.25) is 4.79 Å². The molecule has 1 saturated heterocycles. The molecule has 0 radical (unpaired) electrons. The Morgan fingerprint density at radius 3 is 2.71 bits per heavy atom. The molecule has 0 bridgehead atoms. The standard InChI is InChI=1S/C19H18IN5O2.ClH/c20-15-3-6-18(22-10-15)25-12-14(9-23-25)19(26)24-16-4-1-13(2-5-16)17-11-21-7-8-27-17;/h1-6,9-10,12,17,21H,7-8,11H2,(H,24,26);1H. The molecule has 7 nitrogen and oxygen atoms in total. The lowest BCUT2D eigenvalue weighted by molar-refractivity contribution is 0.0277. The molecule has 0 spiro atoms. The van der Waals surface area contributed by atoms with E-state index in [4.69, 9.17) is 4.74 Å². The van der Waals surface area contributed by atoms with E-state index in [1.54, 1.807) is 17.1 Å². The highest BCUT2D eigenvalue weighted by Crippen LogP contribution is 2.21. The van der Waals surface area contributed by atoms with E-state index >= 15 is 0 Å². The number of ether oxygens (including phenoxy) is 1. The lowest BCUT2D eigenvalue weighted by atomic mass is 10.1. The molecule has 1 amide bonds. The minimum atomic E-state index is -0.213. The summed E-state index contributed by atoms with van der Waals surface area (Å²) in [5.74, 6) is 0.454. The van der Waals surface area contributed by atoms with Gasteiger partial charge in [-0.15, -0.1) is 12.4 Å². The van der Waals surface area contributed by atoms with Crippen molar-refractivity contribution in [2.24, 2.45) is 0 Å². The number of aromatic nitrogens is 3. The molecule has 9 heteroatoms. The highest BCUT2D eigenvalue weighted by atomic mass is 127. The van der Waals surface area contributed by atoms with E-state index in [2.05, 4.69) is 43.3 Å². The number of morpholine rings is 1. The number of halogens is 2. The third kappa shape index (κ3) is 4.88. The van der Waals surface area contributed by atoms with Crippen LogP contribution in [0.2, 0.25) is 0 Å². The van der Waals surface area contributed by atoms with Gasteiger partial charge in [0.2, 0.25) is 0 Å². The third-order valence-electron chi connectivity index (χ3n) is 4.26. The highest BCUT2D eigenvalue weighted by Gasteiger charge is 2.16. The summed E-state index contributed by atoms with van der Waals surface area (Å²) in [5.41, 5.74) is 2.30. The number of nitrogens with zero attached hydrogens (tertiary/aromatic N) is 3. The van der Waals surface area contributed by atoms with E-state index in [0.29, 0.717) is 18.0 Å². The number of anilines is 1. The average Bonchev–Trinajstić information content (AvgIpc) is 3.20. The smallest absolute Gasteiger partial charge is 0.258 e. The summed E-state index contributed by atoms with van der Waals surface area (Å²) in [7, 11) is 0. The van der Waals surface area contributed by atoms with Crippen LogP contribution in [0, 0.1) is 3.57 Å². The lowest BCUT2D eigenvalue weighted by Gasteiger charge is -2.24. The second kappa shape index (κ2) is 9.46. The highest BCUT2D eigenvalue weighted by molar-refractivity contribution is 14.1. The Kier molecular flexibility index (Phi) is 7.00. The number of carbonyl (C=O) groups is 1. The minimum Gasteiger partial charge on any atom is -0.371 e. The predicted molar refractivity (Wildman–Crippen MR) is 117 cm³/mol. The average molecular weight is 512 g/mol. The van der Waals surface area contributed by atoms with Gasteiger partial charge in [-0.05, 0) is 52.4 Å². The third-order valence-corrected chi connectivity index (χ3v) is 4.90. The van der Waals surface area contributed by atoms with Crippen LogP contribution in [0.1, 0.15) is 22.0 Å². The maximum absolute atomic E-state index is 12.5. The van der Waals surface area contributed by atoms with Crippen LogP contribution in [0.15, 0.2) is 55.0 Å². The van der Waals surface area contributed by atoms with Crippen molar-refractivity contribution in [3.63, 3.8) is 0 Å². The largest absolute Gasteiger partial charge is 0.371 e. The SMILES string of the molecule is Cl.O=C(Nc1ccc(C2CNCCO2)cc1)c1cnn(-c2ccc(I)cn2)c1. The van der Waals surface area contributed by atoms with Gasteiger partial charge < -0.3 is 15.4 Å². The molecule has 4 rings (SSSR count). The van der Waals surface area contributed by atoms with Crippen LogP contribution < -0.4 is 10.6 Å². The molecular weight excluding hydrogens is 493 g/mol. The Hall–Kier alpha value is -2.01. The fourth-order valence-corrected chi connectivity index (χ4v) is 3.15. The van der Waals surface area contributed by atoms with Crippen LogP contribution in [-0.4, -0.2) is 40.4 Å². The van der Waals surface area contributed by atoms with Gasteiger partial charge in [0.1, 0.15) is 0 Å². The molecule has 2 N–H and O–H groups in total. The zero-order chi connectivity index (χ0) is 18.6. The van der Waals surface area contributed by atoms with Crippen molar-refractivity contribution in [1.82, 2.24) is 20.1 Å². The Labute approximate surface area is 182 Å². The van der Waals surface area contributed by atoms with Crippen molar-refractivity contribution in [1.29, 1.82) is 0 Å². The molecule has 1 unspecified atom stereocenters. The number of hydrogen-bond donors (Lipinski definition) is 2. The first-order valence-corrected chi connectivity index (χ1v) is 9.67. The molecule has 3 heterocycles. The molecule has 1 aliphatic rings. The van der Waals surface area contributed by atoms with Gasteiger partial charge in [0.25, 0.3) is 5.91 Å². The van der Waals surface area contributed by atoms with Crippen molar-refractivity contribution in [3.05, 3.63) is 69.7 Å². The molecule has 0 saturated carbocycles. The fraction of sp³-hybridized carbons (Fsp3) is 0.211. The quantitative estimate of drug-likeness (QED) is 0.526. The van der Waals surface area contributed by atoms with Gasteiger partial charge in [0.15, 0.2) is 5.82 Å². The van der Waals surface area contributed by atoms with Crippen LogP contribution in [-0.2, 0) is 4.74 Å². The number of nitrogens with one attached hydrogen (secondary N) is 2. The summed E-state index contributed by atoms with van der Waals surface area (Å²) in [6, 6.07) is 11.5. The number of benzene rings is 1. The molecule has 146 valence electrons. The van der Waals surface area contributed by atoms with Crippen LogP contribution in [0.4, 0.5) is 5.69 Å². The van der Waals surface area contributed by atoms with Crippen molar-refractivity contribution < 1.29 is 9.53 Å². The zero-order valence-electron chi connectivity index (χ0n) is 14.8. The van der Waals surface area contributed by atoms with Gasteiger partial charge in [-0.2, -0.15) is 5.10 Å². The molecular formula is C19H19ClIN5O2. The van der Waals surface area contributed by atoms with Crippen LogP contribution in [0.5, 0.6) is 0 Å².